The van der Waals surface area contributed by atoms with E-state index < -0.39 is 29.0 Å². The van der Waals surface area contributed by atoms with Crippen LogP contribution in [0.15, 0.2) is 24.3 Å². The van der Waals surface area contributed by atoms with Gasteiger partial charge < -0.3 is 15.6 Å². The molecule has 6 heteroatoms. The highest BCUT2D eigenvalue weighted by molar-refractivity contribution is 14.1. The Morgan fingerprint density at radius 3 is 2.10 bits per heavy atom. The molecule has 0 saturated heterocycles. The standard InChI is InChI=1S/C15H20INO4/c1-9(10-5-7-11(16)8-6-10)15(17,12(18)19)13(20)21-14(2,3)4/h5-9H,17H2,1-4H3,(H,18,19). The van der Waals surface area contributed by atoms with Gasteiger partial charge in [0.15, 0.2) is 0 Å². The summed E-state index contributed by atoms with van der Waals surface area (Å²) in [5.41, 5.74) is 3.67. The molecule has 1 rings (SSSR count). The maximum atomic E-state index is 12.3. The van der Waals surface area contributed by atoms with Crippen molar-refractivity contribution in [2.75, 3.05) is 0 Å². The van der Waals surface area contributed by atoms with E-state index in [0.29, 0.717) is 5.56 Å². The van der Waals surface area contributed by atoms with Gasteiger partial charge in [0.1, 0.15) is 5.60 Å². The first-order valence-corrected chi connectivity index (χ1v) is 7.57. The van der Waals surface area contributed by atoms with Gasteiger partial charge in [0.05, 0.1) is 0 Å². The number of carboxylic acids is 1. The van der Waals surface area contributed by atoms with E-state index in [0.717, 1.165) is 3.57 Å². The third-order valence-electron chi connectivity index (χ3n) is 3.14. The maximum Gasteiger partial charge on any atom is 0.339 e. The van der Waals surface area contributed by atoms with E-state index in [-0.39, 0.29) is 0 Å². The molecule has 0 heterocycles. The van der Waals surface area contributed by atoms with Crippen molar-refractivity contribution in [2.24, 2.45) is 5.73 Å². The molecule has 0 aliphatic heterocycles. The summed E-state index contributed by atoms with van der Waals surface area (Å²) in [6.45, 7) is 6.62. The van der Waals surface area contributed by atoms with Gasteiger partial charge in [0, 0.05) is 9.49 Å². The molecule has 0 aromatic heterocycles. The number of carboxylic acid groups (broad SMARTS) is 1. The zero-order valence-electron chi connectivity index (χ0n) is 12.5. The summed E-state index contributed by atoms with van der Waals surface area (Å²) in [6.07, 6.45) is 0. The van der Waals surface area contributed by atoms with Gasteiger partial charge in [0.2, 0.25) is 5.54 Å². The van der Waals surface area contributed by atoms with E-state index in [4.69, 9.17) is 10.5 Å². The molecule has 3 N–H and O–H groups in total. The fourth-order valence-corrected chi connectivity index (χ4v) is 2.19. The van der Waals surface area contributed by atoms with Crippen molar-refractivity contribution in [3.8, 4) is 0 Å². The summed E-state index contributed by atoms with van der Waals surface area (Å²) in [7, 11) is 0. The van der Waals surface area contributed by atoms with E-state index in [1.54, 1.807) is 39.8 Å². The molecule has 0 amide bonds. The molecule has 0 bridgehead atoms. The Morgan fingerprint density at radius 1 is 1.24 bits per heavy atom. The lowest BCUT2D eigenvalue weighted by molar-refractivity contribution is -0.170. The second-order valence-corrected chi connectivity index (χ2v) is 7.19. The molecular weight excluding hydrogens is 385 g/mol. The SMILES string of the molecule is CC(c1ccc(I)cc1)C(N)(C(=O)O)C(=O)OC(C)(C)C. The molecule has 21 heavy (non-hydrogen) atoms. The molecular formula is C15H20INO4. The van der Waals surface area contributed by atoms with E-state index >= 15 is 0 Å². The first-order valence-electron chi connectivity index (χ1n) is 6.49. The van der Waals surface area contributed by atoms with Crippen LogP contribution in [-0.4, -0.2) is 28.2 Å². The van der Waals surface area contributed by atoms with Gasteiger partial charge in [-0.3, -0.25) is 0 Å². The van der Waals surface area contributed by atoms with Crippen LogP contribution >= 0.6 is 22.6 Å². The third-order valence-corrected chi connectivity index (χ3v) is 3.86. The lowest BCUT2D eigenvalue weighted by atomic mass is 9.81. The van der Waals surface area contributed by atoms with Crippen molar-refractivity contribution in [2.45, 2.75) is 44.8 Å². The average Bonchev–Trinajstić information content (AvgIpc) is 2.35. The molecule has 1 aromatic rings. The molecule has 0 saturated carbocycles. The minimum absolute atomic E-state index is 0.672. The second kappa shape index (κ2) is 6.31. The summed E-state index contributed by atoms with van der Waals surface area (Å²) in [5, 5.41) is 9.46. The Balaban J connectivity index is 3.18. The zero-order chi connectivity index (χ0) is 16.4. The van der Waals surface area contributed by atoms with Gasteiger partial charge in [-0.15, -0.1) is 0 Å². The predicted molar refractivity (Wildman–Crippen MR) is 88.0 cm³/mol. The van der Waals surface area contributed by atoms with Gasteiger partial charge in [0.25, 0.3) is 0 Å². The minimum Gasteiger partial charge on any atom is -0.479 e. The number of rotatable bonds is 4. The molecule has 0 radical (unpaired) electrons. The summed E-state index contributed by atoms with van der Waals surface area (Å²) in [6, 6.07) is 7.20. The highest BCUT2D eigenvalue weighted by Crippen LogP contribution is 2.29. The topological polar surface area (TPSA) is 89.6 Å². The van der Waals surface area contributed by atoms with Crippen LogP contribution in [-0.2, 0) is 14.3 Å². The number of aliphatic carboxylic acids is 1. The molecule has 0 fully saturated rings. The second-order valence-electron chi connectivity index (χ2n) is 5.95. The number of hydrogen-bond acceptors (Lipinski definition) is 4. The van der Waals surface area contributed by atoms with E-state index in [9.17, 15) is 14.7 Å². The van der Waals surface area contributed by atoms with Crippen LogP contribution in [0.3, 0.4) is 0 Å². The Kier molecular flexibility index (Phi) is 5.38. The summed E-state index contributed by atoms with van der Waals surface area (Å²) in [4.78, 5) is 23.9. The van der Waals surface area contributed by atoms with Crippen LogP contribution < -0.4 is 5.73 Å². The van der Waals surface area contributed by atoms with E-state index in [1.807, 2.05) is 12.1 Å². The van der Waals surface area contributed by atoms with Gasteiger partial charge in [-0.2, -0.15) is 0 Å². The number of nitrogens with two attached hydrogens (primary N) is 1. The molecule has 0 aliphatic carbocycles. The van der Waals surface area contributed by atoms with Gasteiger partial charge in [-0.05, 0) is 61.1 Å². The van der Waals surface area contributed by atoms with Crippen LogP contribution in [0.2, 0.25) is 0 Å². The van der Waals surface area contributed by atoms with Crippen molar-refractivity contribution >= 4 is 34.5 Å². The van der Waals surface area contributed by atoms with Crippen molar-refractivity contribution < 1.29 is 19.4 Å². The van der Waals surface area contributed by atoms with E-state index in [2.05, 4.69) is 22.6 Å². The first kappa shape index (κ1) is 17.9. The Labute approximate surface area is 138 Å². The monoisotopic (exact) mass is 405 g/mol. The van der Waals surface area contributed by atoms with Crippen LogP contribution in [0.4, 0.5) is 0 Å². The number of benzene rings is 1. The van der Waals surface area contributed by atoms with Crippen LogP contribution in [0.25, 0.3) is 0 Å². The molecule has 116 valence electrons. The third kappa shape index (κ3) is 4.16. The number of esters is 1. The summed E-state index contributed by atoms with van der Waals surface area (Å²) in [5.74, 6) is -3.06. The predicted octanol–water partition coefficient (Wildman–Crippen LogP) is 2.52. The van der Waals surface area contributed by atoms with Gasteiger partial charge >= 0.3 is 11.9 Å². The van der Waals surface area contributed by atoms with Crippen molar-refractivity contribution in [1.82, 2.24) is 0 Å². The molecule has 5 nitrogen and oxygen atoms in total. The molecule has 2 unspecified atom stereocenters. The highest BCUT2D eigenvalue weighted by atomic mass is 127. The van der Waals surface area contributed by atoms with Gasteiger partial charge in [-0.25, -0.2) is 9.59 Å². The largest absolute Gasteiger partial charge is 0.479 e. The Hall–Kier alpha value is -1.15. The Morgan fingerprint density at radius 2 is 1.71 bits per heavy atom. The maximum absolute atomic E-state index is 12.3. The Bertz CT molecular complexity index is 536. The number of halogens is 1. The first-order chi connectivity index (χ1) is 9.48. The fraction of sp³-hybridized carbons (Fsp3) is 0.467. The van der Waals surface area contributed by atoms with Crippen LogP contribution in [0.5, 0.6) is 0 Å². The lowest BCUT2D eigenvalue weighted by Gasteiger charge is -2.32. The molecule has 0 spiro atoms. The summed E-state index contributed by atoms with van der Waals surface area (Å²) >= 11 is 2.15. The minimum atomic E-state index is -2.12. The van der Waals surface area contributed by atoms with Crippen molar-refractivity contribution in [1.29, 1.82) is 0 Å². The van der Waals surface area contributed by atoms with Crippen molar-refractivity contribution in [3.05, 3.63) is 33.4 Å². The lowest BCUT2D eigenvalue weighted by Crippen LogP contribution is -2.60. The number of carbonyl (C=O) groups excluding carboxylic acids is 1. The molecule has 0 aliphatic rings. The number of hydrogen-bond donors (Lipinski definition) is 2. The number of carbonyl (C=O) groups is 2. The van der Waals surface area contributed by atoms with E-state index in [1.165, 1.54) is 0 Å². The highest BCUT2D eigenvalue weighted by Gasteiger charge is 2.50. The molecule has 2 atom stereocenters. The normalized spacial score (nSPS) is 15.9. The fourth-order valence-electron chi connectivity index (χ4n) is 1.83. The molecule has 1 aromatic carbocycles. The summed E-state index contributed by atoms with van der Waals surface area (Å²) < 4.78 is 6.20. The quantitative estimate of drug-likeness (QED) is 0.457. The smallest absolute Gasteiger partial charge is 0.339 e. The van der Waals surface area contributed by atoms with Crippen LogP contribution in [0.1, 0.15) is 39.2 Å². The number of ether oxygens (including phenoxy) is 1. The van der Waals surface area contributed by atoms with Crippen LogP contribution in [0, 0.1) is 3.57 Å². The van der Waals surface area contributed by atoms with Crippen molar-refractivity contribution in [3.63, 3.8) is 0 Å². The zero-order valence-corrected chi connectivity index (χ0v) is 14.7. The van der Waals surface area contributed by atoms with Gasteiger partial charge in [-0.1, -0.05) is 19.1 Å². The average molecular weight is 405 g/mol.